The molecule has 0 radical (unpaired) electrons. The van der Waals surface area contributed by atoms with Gasteiger partial charge in [0, 0.05) is 10.5 Å². The molecule has 2 aliphatic rings. The number of hydrogen-bond donors (Lipinski definition) is 1. The Bertz CT molecular complexity index is 673. The minimum absolute atomic E-state index is 0.160. The Balaban J connectivity index is 2.01. The molecule has 5 nitrogen and oxygen atoms in total. The first-order chi connectivity index (χ1) is 10.4. The van der Waals surface area contributed by atoms with Gasteiger partial charge in [-0.2, -0.15) is 4.31 Å². The quantitative estimate of drug-likeness (QED) is 0.864. The van der Waals surface area contributed by atoms with Gasteiger partial charge in [-0.15, -0.1) is 0 Å². The van der Waals surface area contributed by atoms with E-state index in [4.69, 9.17) is 0 Å². The number of sulfonamides is 1. The van der Waals surface area contributed by atoms with Crippen molar-refractivity contribution in [3.05, 3.63) is 28.7 Å². The smallest absolute Gasteiger partial charge is 0.322 e. The topological polar surface area (TPSA) is 74.7 Å². The van der Waals surface area contributed by atoms with Gasteiger partial charge in [-0.25, -0.2) is 8.42 Å². The van der Waals surface area contributed by atoms with Gasteiger partial charge >= 0.3 is 5.97 Å². The third-order valence-corrected chi connectivity index (χ3v) is 7.18. The van der Waals surface area contributed by atoms with E-state index in [-0.39, 0.29) is 16.9 Å². The number of fused-ring (bicyclic) bond motifs is 1. The molecule has 0 spiro atoms. The van der Waals surface area contributed by atoms with Crippen LogP contribution in [0, 0.1) is 5.92 Å². The molecule has 0 aromatic heterocycles. The lowest BCUT2D eigenvalue weighted by molar-refractivity contribution is -0.141. The first-order valence-corrected chi connectivity index (χ1v) is 9.66. The Morgan fingerprint density at radius 3 is 2.45 bits per heavy atom. The molecule has 120 valence electrons. The van der Waals surface area contributed by atoms with Crippen LogP contribution in [0.1, 0.15) is 32.1 Å². The number of rotatable bonds is 3. The van der Waals surface area contributed by atoms with Crippen LogP contribution in [0.5, 0.6) is 0 Å². The van der Waals surface area contributed by atoms with Crippen LogP contribution in [0.15, 0.2) is 33.6 Å². The maximum atomic E-state index is 13.0. The lowest BCUT2D eigenvalue weighted by Crippen LogP contribution is -2.46. The van der Waals surface area contributed by atoms with E-state index in [0.717, 1.165) is 30.2 Å². The van der Waals surface area contributed by atoms with Gasteiger partial charge < -0.3 is 5.11 Å². The Morgan fingerprint density at radius 2 is 1.82 bits per heavy atom. The number of aliphatic carboxylic acids is 1. The highest BCUT2D eigenvalue weighted by molar-refractivity contribution is 9.10. The number of nitrogens with zero attached hydrogens (tertiary/aromatic N) is 1. The highest BCUT2D eigenvalue weighted by Crippen LogP contribution is 2.42. The molecule has 1 N–H and O–H groups in total. The normalized spacial score (nSPS) is 29.2. The second kappa shape index (κ2) is 5.94. The molecule has 1 saturated carbocycles. The van der Waals surface area contributed by atoms with Crippen molar-refractivity contribution in [2.75, 3.05) is 0 Å². The standard InChI is InChI=1S/C15H18BrNO4S/c16-11-5-7-12(8-6-11)22(20,21)17-13-4-2-1-3-10(13)9-14(17)15(18)19/h5-8,10,13-14H,1-4,9H2,(H,18,19). The maximum absolute atomic E-state index is 13.0. The summed E-state index contributed by atoms with van der Waals surface area (Å²) in [6.45, 7) is 0. The molecule has 1 aliphatic heterocycles. The number of carboxylic acids is 1. The summed E-state index contributed by atoms with van der Waals surface area (Å²) < 4.78 is 28.0. The Hall–Kier alpha value is -0.920. The van der Waals surface area contributed by atoms with Crippen molar-refractivity contribution in [3.63, 3.8) is 0 Å². The van der Waals surface area contributed by atoms with Gasteiger partial charge in [-0.3, -0.25) is 4.79 Å². The van der Waals surface area contributed by atoms with Gasteiger partial charge in [0.25, 0.3) is 0 Å². The minimum atomic E-state index is -3.79. The molecule has 0 bridgehead atoms. The molecule has 0 amide bonds. The van der Waals surface area contributed by atoms with Crippen molar-refractivity contribution in [3.8, 4) is 0 Å². The van der Waals surface area contributed by atoms with E-state index in [2.05, 4.69) is 15.9 Å². The number of benzene rings is 1. The monoisotopic (exact) mass is 387 g/mol. The zero-order valence-electron chi connectivity index (χ0n) is 12.0. The second-order valence-electron chi connectivity index (χ2n) is 5.99. The summed E-state index contributed by atoms with van der Waals surface area (Å²) in [7, 11) is -3.79. The summed E-state index contributed by atoms with van der Waals surface area (Å²) in [6, 6.07) is 5.25. The average Bonchev–Trinajstić information content (AvgIpc) is 2.88. The summed E-state index contributed by atoms with van der Waals surface area (Å²) in [5, 5.41) is 9.47. The van der Waals surface area contributed by atoms with Gasteiger partial charge in [0.15, 0.2) is 0 Å². The number of halogens is 1. The summed E-state index contributed by atoms with van der Waals surface area (Å²) in [5.74, 6) is -0.879. The highest BCUT2D eigenvalue weighted by Gasteiger charge is 2.51. The molecule has 1 aromatic rings. The molecule has 1 aromatic carbocycles. The average molecular weight is 388 g/mol. The van der Waals surface area contributed by atoms with E-state index >= 15 is 0 Å². The molecule has 3 atom stereocenters. The van der Waals surface area contributed by atoms with Crippen LogP contribution in [-0.4, -0.2) is 35.9 Å². The minimum Gasteiger partial charge on any atom is -0.480 e. The van der Waals surface area contributed by atoms with Crippen LogP contribution >= 0.6 is 15.9 Å². The predicted molar refractivity (Wildman–Crippen MR) is 85.0 cm³/mol. The molecular weight excluding hydrogens is 370 g/mol. The van der Waals surface area contributed by atoms with Crippen molar-refractivity contribution in [1.29, 1.82) is 0 Å². The van der Waals surface area contributed by atoms with Gasteiger partial charge in [0.05, 0.1) is 4.90 Å². The fourth-order valence-corrected chi connectivity index (χ4v) is 5.84. The lowest BCUT2D eigenvalue weighted by atomic mass is 9.85. The zero-order valence-corrected chi connectivity index (χ0v) is 14.4. The van der Waals surface area contributed by atoms with Crippen molar-refractivity contribution in [2.24, 2.45) is 5.92 Å². The van der Waals surface area contributed by atoms with Crippen LogP contribution in [-0.2, 0) is 14.8 Å². The molecule has 22 heavy (non-hydrogen) atoms. The van der Waals surface area contributed by atoms with Crippen LogP contribution in [0.4, 0.5) is 0 Å². The van der Waals surface area contributed by atoms with Crippen molar-refractivity contribution in [1.82, 2.24) is 4.31 Å². The molecule has 3 rings (SSSR count). The summed E-state index contributed by atoms with van der Waals surface area (Å²) in [5.41, 5.74) is 0. The molecular formula is C15H18BrNO4S. The first-order valence-electron chi connectivity index (χ1n) is 7.43. The van der Waals surface area contributed by atoms with Gasteiger partial charge in [-0.05, 0) is 49.4 Å². The van der Waals surface area contributed by atoms with E-state index in [9.17, 15) is 18.3 Å². The maximum Gasteiger partial charge on any atom is 0.322 e. The predicted octanol–water partition coefficient (Wildman–Crippen LogP) is 2.86. The van der Waals surface area contributed by atoms with Gasteiger partial charge in [0.2, 0.25) is 10.0 Å². The molecule has 1 aliphatic carbocycles. The molecule has 3 unspecified atom stereocenters. The number of hydrogen-bond acceptors (Lipinski definition) is 3. The van der Waals surface area contributed by atoms with Crippen LogP contribution in [0.2, 0.25) is 0 Å². The van der Waals surface area contributed by atoms with Crippen molar-refractivity contribution < 1.29 is 18.3 Å². The Kier molecular flexibility index (Phi) is 4.31. The second-order valence-corrected chi connectivity index (χ2v) is 8.75. The van der Waals surface area contributed by atoms with E-state index in [1.54, 1.807) is 12.1 Å². The molecule has 1 heterocycles. The highest BCUT2D eigenvalue weighted by atomic mass is 79.9. The summed E-state index contributed by atoms with van der Waals surface area (Å²) >= 11 is 3.28. The Labute approximate surface area is 138 Å². The van der Waals surface area contributed by atoms with Crippen molar-refractivity contribution >= 4 is 31.9 Å². The SMILES string of the molecule is O=C(O)C1CC2CCCCC2N1S(=O)(=O)c1ccc(Br)cc1. The Morgan fingerprint density at radius 1 is 1.18 bits per heavy atom. The van der Waals surface area contributed by atoms with Gasteiger partial charge in [0.1, 0.15) is 6.04 Å². The van der Waals surface area contributed by atoms with E-state index in [1.165, 1.54) is 16.4 Å². The fourth-order valence-electron chi connectivity index (χ4n) is 3.70. The zero-order chi connectivity index (χ0) is 15.9. The first kappa shape index (κ1) is 16.0. The van der Waals surface area contributed by atoms with Gasteiger partial charge in [-0.1, -0.05) is 28.8 Å². The third-order valence-electron chi connectivity index (χ3n) is 4.70. The largest absolute Gasteiger partial charge is 0.480 e. The van der Waals surface area contributed by atoms with Crippen LogP contribution in [0.3, 0.4) is 0 Å². The molecule has 1 saturated heterocycles. The number of carboxylic acid groups (broad SMARTS) is 1. The molecule has 7 heteroatoms. The fraction of sp³-hybridized carbons (Fsp3) is 0.533. The van der Waals surface area contributed by atoms with Crippen LogP contribution in [0.25, 0.3) is 0 Å². The lowest BCUT2D eigenvalue weighted by Gasteiger charge is -2.32. The van der Waals surface area contributed by atoms with E-state index in [0.29, 0.717) is 6.42 Å². The van der Waals surface area contributed by atoms with Crippen molar-refractivity contribution in [2.45, 2.75) is 49.1 Å². The summed E-state index contributed by atoms with van der Waals surface area (Å²) in [6.07, 6.45) is 4.11. The van der Waals surface area contributed by atoms with E-state index < -0.39 is 22.0 Å². The van der Waals surface area contributed by atoms with E-state index in [1.807, 2.05) is 0 Å². The van der Waals surface area contributed by atoms with Crippen LogP contribution < -0.4 is 0 Å². The number of carbonyl (C=O) groups is 1. The third kappa shape index (κ3) is 2.70. The summed E-state index contributed by atoms with van der Waals surface area (Å²) in [4.78, 5) is 11.7. The molecule has 2 fully saturated rings.